The van der Waals surface area contributed by atoms with Gasteiger partial charge in [0.2, 0.25) is 15.9 Å². The van der Waals surface area contributed by atoms with Crippen molar-refractivity contribution < 1.29 is 13.2 Å². The molecule has 26 heavy (non-hydrogen) atoms. The molecule has 2 aromatic rings. The second-order valence-corrected chi connectivity index (χ2v) is 7.64. The zero-order chi connectivity index (χ0) is 19.0. The number of carbonyl (C=O) groups is 1. The van der Waals surface area contributed by atoms with Gasteiger partial charge in [0.25, 0.3) is 0 Å². The normalized spacial score (nSPS) is 11.4. The lowest BCUT2D eigenvalue weighted by molar-refractivity contribution is -0.111. The second kappa shape index (κ2) is 9.12. The molecular weight excluding hydrogens is 348 g/mol. The summed E-state index contributed by atoms with van der Waals surface area (Å²) in [5.41, 5.74) is 3.31. The average Bonchev–Trinajstić information content (AvgIpc) is 2.60. The maximum absolute atomic E-state index is 12.0. The van der Waals surface area contributed by atoms with E-state index in [1.807, 2.05) is 31.2 Å². The summed E-state index contributed by atoms with van der Waals surface area (Å²) >= 11 is 0. The molecule has 0 fully saturated rings. The summed E-state index contributed by atoms with van der Waals surface area (Å²) < 4.78 is 26.1. The topological polar surface area (TPSA) is 75.3 Å². The van der Waals surface area contributed by atoms with Gasteiger partial charge in [-0.25, -0.2) is 13.1 Å². The molecule has 2 aromatic carbocycles. The second-order valence-electron chi connectivity index (χ2n) is 5.83. The Hall–Kier alpha value is -2.70. The summed E-state index contributed by atoms with van der Waals surface area (Å²) in [6.45, 7) is 5.67. The molecule has 0 aliphatic rings. The molecule has 0 aliphatic carbocycles. The van der Waals surface area contributed by atoms with Crippen LogP contribution in [-0.2, 0) is 20.6 Å². The smallest absolute Gasteiger partial charge is 0.248 e. The monoisotopic (exact) mass is 370 g/mol. The van der Waals surface area contributed by atoms with Crippen LogP contribution in [0.5, 0.6) is 0 Å². The van der Waals surface area contributed by atoms with Crippen molar-refractivity contribution in [3.8, 4) is 0 Å². The van der Waals surface area contributed by atoms with Gasteiger partial charge in [-0.05, 0) is 36.3 Å². The third-order valence-electron chi connectivity index (χ3n) is 3.50. The van der Waals surface area contributed by atoms with Crippen molar-refractivity contribution in [3.05, 3.63) is 84.0 Å². The van der Waals surface area contributed by atoms with Gasteiger partial charge in [0.15, 0.2) is 0 Å². The summed E-state index contributed by atoms with van der Waals surface area (Å²) in [5.74, 6) is -0.373. The highest BCUT2D eigenvalue weighted by molar-refractivity contribution is 7.88. The van der Waals surface area contributed by atoms with Gasteiger partial charge in [-0.3, -0.25) is 4.79 Å². The van der Waals surface area contributed by atoms with E-state index in [1.54, 1.807) is 30.3 Å². The molecule has 0 aromatic heterocycles. The quantitative estimate of drug-likeness (QED) is 0.553. The molecule has 136 valence electrons. The minimum absolute atomic E-state index is 0.123. The van der Waals surface area contributed by atoms with Crippen molar-refractivity contribution in [2.75, 3.05) is 11.9 Å². The Morgan fingerprint density at radius 1 is 1.15 bits per heavy atom. The SMILES string of the molecule is C=CCNS(=O)(=O)Cc1ccc(NC(=O)/C=C\c2cccc(C)c2)cc1. The zero-order valence-corrected chi connectivity index (χ0v) is 15.4. The molecule has 0 heterocycles. The van der Waals surface area contributed by atoms with Crippen molar-refractivity contribution in [2.24, 2.45) is 0 Å². The molecule has 5 nitrogen and oxygen atoms in total. The van der Waals surface area contributed by atoms with Crippen molar-refractivity contribution in [1.82, 2.24) is 4.72 Å². The molecule has 2 rings (SSSR count). The Balaban J connectivity index is 1.94. The fraction of sp³-hybridized carbons (Fsp3) is 0.150. The lowest BCUT2D eigenvalue weighted by Crippen LogP contribution is -2.25. The first-order valence-electron chi connectivity index (χ1n) is 8.11. The Kier molecular flexibility index (Phi) is 6.89. The standard InChI is InChI=1S/C20H22N2O3S/c1-3-13-21-26(24,25)15-18-7-10-19(11-8-18)22-20(23)12-9-17-6-4-5-16(2)14-17/h3-12,14,21H,1,13,15H2,2H3,(H,22,23)/b12-9-. The number of sulfonamides is 1. The van der Waals surface area contributed by atoms with E-state index in [-0.39, 0.29) is 18.2 Å². The van der Waals surface area contributed by atoms with Gasteiger partial charge in [-0.15, -0.1) is 6.58 Å². The maximum atomic E-state index is 12.0. The molecule has 0 saturated heterocycles. The molecule has 0 aliphatic heterocycles. The van der Waals surface area contributed by atoms with E-state index in [2.05, 4.69) is 16.6 Å². The van der Waals surface area contributed by atoms with Crippen LogP contribution >= 0.6 is 0 Å². The fourth-order valence-electron chi connectivity index (χ4n) is 2.27. The largest absolute Gasteiger partial charge is 0.323 e. The number of benzene rings is 2. The van der Waals surface area contributed by atoms with E-state index in [1.165, 1.54) is 12.2 Å². The molecule has 0 unspecified atom stereocenters. The number of anilines is 1. The summed E-state index contributed by atoms with van der Waals surface area (Å²) in [5, 5.41) is 2.75. The van der Waals surface area contributed by atoms with E-state index in [4.69, 9.17) is 0 Å². The minimum Gasteiger partial charge on any atom is -0.323 e. The van der Waals surface area contributed by atoms with Crippen LogP contribution in [0.15, 0.2) is 67.3 Å². The molecule has 0 radical (unpaired) electrons. The van der Waals surface area contributed by atoms with E-state index < -0.39 is 10.0 Å². The summed E-state index contributed by atoms with van der Waals surface area (Å²) in [4.78, 5) is 12.0. The van der Waals surface area contributed by atoms with Crippen LogP contribution in [0.3, 0.4) is 0 Å². The van der Waals surface area contributed by atoms with Gasteiger partial charge in [0.05, 0.1) is 5.75 Å². The summed E-state index contributed by atoms with van der Waals surface area (Å²) in [6.07, 6.45) is 4.70. The van der Waals surface area contributed by atoms with Crippen molar-refractivity contribution in [1.29, 1.82) is 0 Å². The molecule has 2 N–H and O–H groups in total. The number of rotatable bonds is 8. The molecular formula is C20H22N2O3S. The van der Waals surface area contributed by atoms with Crippen LogP contribution < -0.4 is 10.0 Å². The van der Waals surface area contributed by atoms with Gasteiger partial charge >= 0.3 is 0 Å². The highest BCUT2D eigenvalue weighted by Gasteiger charge is 2.10. The number of hydrogen-bond donors (Lipinski definition) is 2. The van der Waals surface area contributed by atoms with Gasteiger partial charge < -0.3 is 5.32 Å². The Morgan fingerprint density at radius 2 is 1.88 bits per heavy atom. The van der Waals surface area contributed by atoms with Crippen LogP contribution in [0, 0.1) is 6.92 Å². The first-order valence-corrected chi connectivity index (χ1v) is 9.76. The molecule has 1 amide bonds. The van der Waals surface area contributed by atoms with Gasteiger partial charge in [0, 0.05) is 18.3 Å². The highest BCUT2D eigenvalue weighted by atomic mass is 32.2. The molecule has 0 saturated carbocycles. The van der Waals surface area contributed by atoms with E-state index >= 15 is 0 Å². The van der Waals surface area contributed by atoms with Crippen LogP contribution in [0.1, 0.15) is 16.7 Å². The fourth-order valence-corrected chi connectivity index (χ4v) is 3.38. The van der Waals surface area contributed by atoms with Crippen molar-refractivity contribution in [2.45, 2.75) is 12.7 Å². The number of aryl methyl sites for hydroxylation is 1. The lowest BCUT2D eigenvalue weighted by Gasteiger charge is -2.06. The van der Waals surface area contributed by atoms with Gasteiger partial charge in [-0.1, -0.05) is 48.0 Å². The average molecular weight is 370 g/mol. The maximum Gasteiger partial charge on any atom is 0.248 e. The minimum atomic E-state index is -3.40. The van der Waals surface area contributed by atoms with E-state index in [9.17, 15) is 13.2 Å². The number of hydrogen-bond acceptors (Lipinski definition) is 3. The van der Waals surface area contributed by atoms with Gasteiger partial charge in [0.1, 0.15) is 0 Å². The van der Waals surface area contributed by atoms with Crippen LogP contribution in [0.25, 0.3) is 6.08 Å². The first kappa shape index (κ1) is 19.6. The number of carbonyl (C=O) groups excluding carboxylic acids is 1. The van der Waals surface area contributed by atoms with E-state index in [0.29, 0.717) is 11.3 Å². The predicted molar refractivity (Wildman–Crippen MR) is 106 cm³/mol. The molecule has 0 spiro atoms. The lowest BCUT2D eigenvalue weighted by atomic mass is 10.1. The predicted octanol–water partition coefficient (Wildman–Crippen LogP) is 3.25. The van der Waals surface area contributed by atoms with Crippen molar-refractivity contribution in [3.63, 3.8) is 0 Å². The van der Waals surface area contributed by atoms with Crippen LogP contribution in [0.2, 0.25) is 0 Å². The summed E-state index contributed by atoms with van der Waals surface area (Å²) in [6, 6.07) is 14.5. The van der Waals surface area contributed by atoms with Crippen LogP contribution in [0.4, 0.5) is 5.69 Å². The number of amides is 1. The van der Waals surface area contributed by atoms with E-state index in [0.717, 1.165) is 11.1 Å². The molecule has 0 bridgehead atoms. The molecule has 0 atom stereocenters. The number of nitrogens with one attached hydrogen (secondary N) is 2. The zero-order valence-electron chi connectivity index (χ0n) is 14.6. The highest BCUT2D eigenvalue weighted by Crippen LogP contribution is 2.12. The summed E-state index contributed by atoms with van der Waals surface area (Å²) in [7, 11) is -3.40. The Bertz CT molecular complexity index is 901. The third kappa shape index (κ3) is 6.66. The van der Waals surface area contributed by atoms with Crippen molar-refractivity contribution >= 4 is 27.7 Å². The first-order chi connectivity index (χ1) is 12.4. The molecule has 6 heteroatoms. The van der Waals surface area contributed by atoms with Crippen LogP contribution in [-0.4, -0.2) is 20.9 Å². The Labute approximate surface area is 154 Å². The Morgan fingerprint density at radius 3 is 2.54 bits per heavy atom. The van der Waals surface area contributed by atoms with Gasteiger partial charge in [-0.2, -0.15) is 0 Å². The third-order valence-corrected chi connectivity index (χ3v) is 4.81.